The van der Waals surface area contributed by atoms with Crippen LogP contribution in [0.25, 0.3) is 5.52 Å². The maximum atomic E-state index is 5.53. The van der Waals surface area contributed by atoms with E-state index in [9.17, 15) is 0 Å². The molecule has 2 aromatic heterocycles. The van der Waals surface area contributed by atoms with Gasteiger partial charge in [-0.1, -0.05) is 0 Å². The summed E-state index contributed by atoms with van der Waals surface area (Å²) in [6, 6.07) is 6.13. The van der Waals surface area contributed by atoms with Crippen molar-refractivity contribution in [1.82, 2.24) is 4.40 Å². The van der Waals surface area contributed by atoms with E-state index in [4.69, 9.17) is 10.5 Å². The first-order valence-electron chi connectivity index (χ1n) is 4.69. The van der Waals surface area contributed by atoms with E-state index in [0.29, 0.717) is 6.54 Å². The second kappa shape index (κ2) is 3.72. The van der Waals surface area contributed by atoms with Gasteiger partial charge in [0.2, 0.25) is 0 Å². The summed E-state index contributed by atoms with van der Waals surface area (Å²) >= 11 is 0. The zero-order valence-corrected chi connectivity index (χ0v) is 8.23. The molecule has 2 rings (SSSR count). The Hall–Kier alpha value is -1.48. The van der Waals surface area contributed by atoms with E-state index in [1.165, 1.54) is 11.1 Å². The molecule has 14 heavy (non-hydrogen) atoms. The quantitative estimate of drug-likeness (QED) is 0.795. The van der Waals surface area contributed by atoms with E-state index in [1.807, 2.05) is 18.5 Å². The molecule has 3 heteroatoms. The lowest BCUT2D eigenvalue weighted by Gasteiger charge is -2.02. The molecule has 0 spiro atoms. The summed E-state index contributed by atoms with van der Waals surface area (Å²) in [6.45, 7) is 0.686. The molecule has 2 heterocycles. The third-order valence-electron chi connectivity index (χ3n) is 2.36. The van der Waals surface area contributed by atoms with Crippen molar-refractivity contribution in [2.75, 3.05) is 13.7 Å². The third-order valence-corrected chi connectivity index (χ3v) is 2.36. The lowest BCUT2D eigenvalue weighted by atomic mass is 10.2. The summed E-state index contributed by atoms with van der Waals surface area (Å²) in [5, 5.41) is 0. The molecule has 0 saturated heterocycles. The van der Waals surface area contributed by atoms with Gasteiger partial charge in [0.1, 0.15) is 5.75 Å². The normalized spacial score (nSPS) is 10.7. The summed E-state index contributed by atoms with van der Waals surface area (Å²) in [7, 11) is 1.67. The van der Waals surface area contributed by atoms with Crippen LogP contribution in [0.4, 0.5) is 0 Å². The number of ether oxygens (including phenoxy) is 1. The number of nitrogens with zero attached hydrogens (tertiary/aromatic N) is 1. The van der Waals surface area contributed by atoms with E-state index < -0.39 is 0 Å². The van der Waals surface area contributed by atoms with Crippen LogP contribution in [0, 0.1) is 0 Å². The minimum atomic E-state index is 0.686. The Bertz CT molecular complexity index is 434. The van der Waals surface area contributed by atoms with Crippen molar-refractivity contribution in [2.45, 2.75) is 6.42 Å². The van der Waals surface area contributed by atoms with Crippen LogP contribution in [0.15, 0.2) is 30.6 Å². The van der Waals surface area contributed by atoms with Crippen molar-refractivity contribution >= 4 is 5.52 Å². The molecule has 74 valence electrons. The number of hydrogen-bond donors (Lipinski definition) is 1. The molecule has 0 aliphatic rings. The van der Waals surface area contributed by atoms with Gasteiger partial charge in [-0.15, -0.1) is 0 Å². The van der Waals surface area contributed by atoms with Crippen molar-refractivity contribution in [1.29, 1.82) is 0 Å². The molecular formula is C11H14N2O. The third kappa shape index (κ3) is 1.46. The summed E-state index contributed by atoms with van der Waals surface area (Å²) in [5.74, 6) is 0.868. The first-order chi connectivity index (χ1) is 6.85. The first kappa shape index (κ1) is 9.09. The number of hydrogen-bond acceptors (Lipinski definition) is 2. The Kier molecular flexibility index (Phi) is 2.41. The summed E-state index contributed by atoms with van der Waals surface area (Å²) in [5.41, 5.74) is 8.02. The molecule has 0 amide bonds. The minimum absolute atomic E-state index is 0.686. The fourth-order valence-electron chi connectivity index (χ4n) is 1.64. The second-order valence-corrected chi connectivity index (χ2v) is 3.24. The highest BCUT2D eigenvalue weighted by atomic mass is 16.5. The van der Waals surface area contributed by atoms with E-state index in [-0.39, 0.29) is 0 Å². The number of methoxy groups -OCH3 is 1. The van der Waals surface area contributed by atoms with Crippen LogP contribution in [-0.2, 0) is 6.42 Å². The maximum Gasteiger partial charge on any atom is 0.135 e. The largest absolute Gasteiger partial charge is 0.495 e. The van der Waals surface area contributed by atoms with Crippen LogP contribution in [-0.4, -0.2) is 18.1 Å². The van der Waals surface area contributed by atoms with E-state index in [2.05, 4.69) is 16.5 Å². The fraction of sp³-hybridized carbons (Fsp3) is 0.273. The van der Waals surface area contributed by atoms with Gasteiger partial charge in [0.25, 0.3) is 0 Å². The average Bonchev–Trinajstić information content (AvgIpc) is 2.61. The molecule has 0 bridgehead atoms. The highest BCUT2D eigenvalue weighted by Crippen LogP contribution is 2.17. The molecule has 0 atom stereocenters. The van der Waals surface area contributed by atoms with Crippen LogP contribution < -0.4 is 10.5 Å². The van der Waals surface area contributed by atoms with E-state index >= 15 is 0 Å². The first-order valence-corrected chi connectivity index (χ1v) is 4.69. The van der Waals surface area contributed by atoms with Gasteiger partial charge in [-0.3, -0.25) is 0 Å². The topological polar surface area (TPSA) is 39.7 Å². The molecule has 0 radical (unpaired) electrons. The molecule has 0 aliphatic heterocycles. The molecule has 0 aromatic carbocycles. The van der Waals surface area contributed by atoms with Crippen LogP contribution in [0.3, 0.4) is 0 Å². The van der Waals surface area contributed by atoms with Crippen molar-refractivity contribution < 1.29 is 4.74 Å². The Labute approximate surface area is 83.1 Å². The van der Waals surface area contributed by atoms with Crippen molar-refractivity contribution in [2.24, 2.45) is 5.73 Å². The maximum absolute atomic E-state index is 5.53. The Morgan fingerprint density at radius 3 is 2.93 bits per heavy atom. The van der Waals surface area contributed by atoms with Gasteiger partial charge < -0.3 is 14.9 Å². The van der Waals surface area contributed by atoms with E-state index in [1.54, 1.807) is 7.11 Å². The predicted octanol–water partition coefficient (Wildman–Crippen LogP) is 1.45. The van der Waals surface area contributed by atoms with Crippen LogP contribution in [0.2, 0.25) is 0 Å². The molecule has 3 nitrogen and oxygen atoms in total. The molecule has 0 unspecified atom stereocenters. The molecule has 0 fully saturated rings. The molecule has 0 aliphatic carbocycles. The van der Waals surface area contributed by atoms with Gasteiger partial charge in [-0.05, 0) is 36.7 Å². The monoisotopic (exact) mass is 190 g/mol. The standard InChI is InChI=1S/C11H14N2O/c1-14-10-2-3-11-9(4-6-12)5-7-13(11)8-10/h2-3,5,7-8H,4,6,12H2,1H3. The Morgan fingerprint density at radius 2 is 2.21 bits per heavy atom. The van der Waals surface area contributed by atoms with Gasteiger partial charge in [-0.25, -0.2) is 0 Å². The van der Waals surface area contributed by atoms with Gasteiger partial charge >= 0.3 is 0 Å². The van der Waals surface area contributed by atoms with Crippen LogP contribution in [0.1, 0.15) is 5.56 Å². The van der Waals surface area contributed by atoms with Gasteiger partial charge in [0, 0.05) is 11.7 Å². The SMILES string of the molecule is COc1ccc2c(CCN)ccn2c1. The Balaban J connectivity index is 2.48. The molecule has 2 N–H and O–H groups in total. The van der Waals surface area contributed by atoms with Crippen molar-refractivity contribution in [3.8, 4) is 5.75 Å². The zero-order chi connectivity index (χ0) is 9.97. The van der Waals surface area contributed by atoms with Crippen LogP contribution >= 0.6 is 0 Å². The predicted molar refractivity (Wildman–Crippen MR) is 56.7 cm³/mol. The van der Waals surface area contributed by atoms with Gasteiger partial charge in [-0.2, -0.15) is 0 Å². The zero-order valence-electron chi connectivity index (χ0n) is 8.23. The number of rotatable bonds is 3. The molecular weight excluding hydrogens is 176 g/mol. The highest BCUT2D eigenvalue weighted by molar-refractivity contribution is 5.57. The minimum Gasteiger partial charge on any atom is -0.495 e. The van der Waals surface area contributed by atoms with Crippen molar-refractivity contribution in [3.63, 3.8) is 0 Å². The fourth-order valence-corrected chi connectivity index (χ4v) is 1.64. The van der Waals surface area contributed by atoms with Crippen LogP contribution in [0.5, 0.6) is 5.75 Å². The average molecular weight is 190 g/mol. The van der Waals surface area contributed by atoms with Gasteiger partial charge in [0.05, 0.1) is 13.3 Å². The van der Waals surface area contributed by atoms with Gasteiger partial charge in [0.15, 0.2) is 0 Å². The summed E-state index contributed by atoms with van der Waals surface area (Å²) in [4.78, 5) is 0. The second-order valence-electron chi connectivity index (χ2n) is 3.24. The molecule has 2 aromatic rings. The summed E-state index contributed by atoms with van der Waals surface area (Å²) < 4.78 is 7.21. The molecule has 0 saturated carbocycles. The lowest BCUT2D eigenvalue weighted by Crippen LogP contribution is -2.02. The highest BCUT2D eigenvalue weighted by Gasteiger charge is 2.01. The number of aromatic nitrogens is 1. The number of fused-ring (bicyclic) bond motifs is 1. The smallest absolute Gasteiger partial charge is 0.135 e. The van der Waals surface area contributed by atoms with Crippen molar-refractivity contribution in [3.05, 3.63) is 36.2 Å². The lowest BCUT2D eigenvalue weighted by molar-refractivity contribution is 0.412. The summed E-state index contributed by atoms with van der Waals surface area (Å²) in [6.07, 6.45) is 4.92. The Morgan fingerprint density at radius 1 is 1.36 bits per heavy atom. The number of nitrogens with two attached hydrogens (primary N) is 1. The number of pyridine rings is 1. The van der Waals surface area contributed by atoms with E-state index in [0.717, 1.165) is 12.2 Å².